The van der Waals surface area contributed by atoms with Crippen molar-refractivity contribution in [1.29, 1.82) is 0 Å². The highest BCUT2D eigenvalue weighted by Gasteiger charge is 2.21. The van der Waals surface area contributed by atoms with Crippen LogP contribution in [0.1, 0.15) is 42.6 Å². The van der Waals surface area contributed by atoms with Gasteiger partial charge in [0.15, 0.2) is 0 Å². The normalized spacial score (nSPS) is 21.0. The van der Waals surface area contributed by atoms with E-state index in [0.29, 0.717) is 11.5 Å². The van der Waals surface area contributed by atoms with Crippen LogP contribution >= 0.6 is 11.3 Å². The molecule has 1 N–H and O–H groups in total. The number of anilines is 1. The Hall–Kier alpha value is -2.00. The Morgan fingerprint density at radius 2 is 2.16 bits per heavy atom. The molecular formula is C16H21N5O3S. The predicted molar refractivity (Wildman–Crippen MR) is 94.5 cm³/mol. The average molecular weight is 363 g/mol. The van der Waals surface area contributed by atoms with E-state index in [-0.39, 0.29) is 17.7 Å². The summed E-state index contributed by atoms with van der Waals surface area (Å²) in [6.45, 7) is 3.08. The van der Waals surface area contributed by atoms with E-state index in [1.165, 1.54) is 28.3 Å². The van der Waals surface area contributed by atoms with E-state index < -0.39 is 5.56 Å². The van der Waals surface area contributed by atoms with Crippen molar-refractivity contribution < 1.29 is 9.53 Å². The first-order valence-corrected chi connectivity index (χ1v) is 9.58. The SMILES string of the molecule is O=C(NC[C@H]1CCCO1)c1cc(=O)nc2sc(N3CCCCC3)nn12. The fourth-order valence-corrected chi connectivity index (χ4v) is 4.24. The average Bonchev–Trinajstić information content (AvgIpc) is 3.29. The van der Waals surface area contributed by atoms with Crippen LogP contribution in [-0.2, 0) is 4.74 Å². The molecule has 25 heavy (non-hydrogen) atoms. The third kappa shape index (κ3) is 3.52. The molecule has 2 aliphatic rings. The van der Waals surface area contributed by atoms with Crippen molar-refractivity contribution in [1.82, 2.24) is 19.9 Å². The molecule has 0 aromatic carbocycles. The molecule has 2 fully saturated rings. The first kappa shape index (κ1) is 16.5. The molecule has 2 aliphatic heterocycles. The Bertz CT molecular complexity index is 821. The second kappa shape index (κ2) is 7.09. The van der Waals surface area contributed by atoms with E-state index >= 15 is 0 Å². The number of fused-ring (bicyclic) bond motifs is 1. The lowest BCUT2D eigenvalue weighted by atomic mass is 10.1. The smallest absolute Gasteiger partial charge is 0.274 e. The molecule has 0 bridgehead atoms. The van der Waals surface area contributed by atoms with Crippen LogP contribution in [0.15, 0.2) is 10.9 Å². The number of rotatable bonds is 4. The van der Waals surface area contributed by atoms with E-state index in [1.807, 2.05) is 0 Å². The van der Waals surface area contributed by atoms with Crippen molar-refractivity contribution in [2.24, 2.45) is 0 Å². The van der Waals surface area contributed by atoms with Gasteiger partial charge in [0.1, 0.15) is 5.69 Å². The van der Waals surface area contributed by atoms with E-state index in [0.717, 1.165) is 50.5 Å². The monoisotopic (exact) mass is 363 g/mol. The summed E-state index contributed by atoms with van der Waals surface area (Å²) in [6, 6.07) is 1.25. The molecule has 0 unspecified atom stereocenters. The van der Waals surface area contributed by atoms with E-state index in [4.69, 9.17) is 4.74 Å². The van der Waals surface area contributed by atoms with Crippen molar-refractivity contribution in [3.63, 3.8) is 0 Å². The molecular weight excluding hydrogens is 342 g/mol. The number of aromatic nitrogens is 3. The van der Waals surface area contributed by atoms with Gasteiger partial charge in [0, 0.05) is 32.3 Å². The van der Waals surface area contributed by atoms with Gasteiger partial charge in [-0.2, -0.15) is 9.50 Å². The number of hydrogen-bond acceptors (Lipinski definition) is 7. The van der Waals surface area contributed by atoms with Crippen LogP contribution in [0, 0.1) is 0 Å². The Morgan fingerprint density at radius 1 is 1.32 bits per heavy atom. The largest absolute Gasteiger partial charge is 0.376 e. The number of nitrogens with zero attached hydrogens (tertiary/aromatic N) is 4. The first-order valence-electron chi connectivity index (χ1n) is 8.76. The van der Waals surface area contributed by atoms with Gasteiger partial charge in [-0.05, 0) is 32.1 Å². The Kier molecular flexibility index (Phi) is 4.67. The Morgan fingerprint density at radius 3 is 2.92 bits per heavy atom. The Balaban J connectivity index is 1.59. The van der Waals surface area contributed by atoms with Crippen molar-refractivity contribution >= 4 is 27.3 Å². The lowest BCUT2D eigenvalue weighted by Gasteiger charge is -2.25. The molecule has 9 heteroatoms. The van der Waals surface area contributed by atoms with Gasteiger partial charge in [0.2, 0.25) is 10.1 Å². The van der Waals surface area contributed by atoms with Gasteiger partial charge < -0.3 is 15.0 Å². The molecule has 0 radical (unpaired) electrons. The maximum atomic E-state index is 12.5. The van der Waals surface area contributed by atoms with Crippen LogP contribution < -0.4 is 15.8 Å². The molecule has 2 saturated heterocycles. The zero-order valence-corrected chi connectivity index (χ0v) is 14.8. The molecule has 0 spiro atoms. The third-order valence-corrected chi connectivity index (χ3v) is 5.59. The number of carbonyl (C=O) groups is 1. The summed E-state index contributed by atoms with van der Waals surface area (Å²) in [6.07, 6.45) is 5.52. The van der Waals surface area contributed by atoms with Crippen LogP contribution in [0.5, 0.6) is 0 Å². The van der Waals surface area contributed by atoms with Crippen molar-refractivity contribution in [2.45, 2.75) is 38.2 Å². The van der Waals surface area contributed by atoms with Crippen molar-refractivity contribution in [3.8, 4) is 0 Å². The number of nitrogens with one attached hydrogen (secondary N) is 1. The fourth-order valence-electron chi connectivity index (χ4n) is 3.28. The summed E-state index contributed by atoms with van der Waals surface area (Å²) in [5.74, 6) is -0.319. The lowest BCUT2D eigenvalue weighted by Crippen LogP contribution is -2.34. The summed E-state index contributed by atoms with van der Waals surface area (Å²) in [5, 5.41) is 8.21. The summed E-state index contributed by atoms with van der Waals surface area (Å²) in [4.78, 5) is 31.1. The predicted octanol–water partition coefficient (Wildman–Crippen LogP) is 1.05. The topological polar surface area (TPSA) is 88.8 Å². The van der Waals surface area contributed by atoms with Gasteiger partial charge in [-0.15, -0.1) is 5.10 Å². The number of carbonyl (C=O) groups excluding carboxylic acids is 1. The minimum Gasteiger partial charge on any atom is -0.376 e. The first-order chi connectivity index (χ1) is 12.2. The minimum absolute atomic E-state index is 0.0531. The minimum atomic E-state index is -0.420. The van der Waals surface area contributed by atoms with Crippen LogP contribution in [-0.4, -0.2) is 52.9 Å². The van der Waals surface area contributed by atoms with Gasteiger partial charge in [-0.3, -0.25) is 9.59 Å². The van der Waals surface area contributed by atoms with Gasteiger partial charge in [0.05, 0.1) is 6.10 Å². The van der Waals surface area contributed by atoms with Gasteiger partial charge in [-0.25, -0.2) is 0 Å². The molecule has 2 aromatic rings. The molecule has 1 atom stereocenters. The zero-order chi connectivity index (χ0) is 17.2. The second-order valence-electron chi connectivity index (χ2n) is 6.45. The molecule has 2 aromatic heterocycles. The summed E-state index contributed by atoms with van der Waals surface area (Å²) >= 11 is 1.35. The van der Waals surface area contributed by atoms with Crippen LogP contribution in [0.25, 0.3) is 4.96 Å². The summed E-state index contributed by atoms with van der Waals surface area (Å²) < 4.78 is 7.00. The molecule has 0 saturated carbocycles. The van der Waals surface area contributed by atoms with Gasteiger partial charge in [0.25, 0.3) is 11.5 Å². The highest BCUT2D eigenvalue weighted by molar-refractivity contribution is 7.20. The van der Waals surface area contributed by atoms with Crippen LogP contribution in [0.3, 0.4) is 0 Å². The second-order valence-corrected chi connectivity index (χ2v) is 7.39. The quantitative estimate of drug-likeness (QED) is 0.873. The zero-order valence-electron chi connectivity index (χ0n) is 13.9. The molecule has 1 amide bonds. The van der Waals surface area contributed by atoms with E-state index in [1.54, 1.807) is 0 Å². The number of amides is 1. The lowest BCUT2D eigenvalue weighted by molar-refractivity contribution is 0.0851. The highest BCUT2D eigenvalue weighted by atomic mass is 32.1. The molecule has 8 nitrogen and oxygen atoms in total. The maximum absolute atomic E-state index is 12.5. The van der Waals surface area contributed by atoms with Crippen molar-refractivity contribution in [2.75, 3.05) is 31.1 Å². The summed E-state index contributed by atoms with van der Waals surface area (Å²) in [5.41, 5.74) is -0.191. The Labute approximate surface area is 148 Å². The number of ether oxygens (including phenoxy) is 1. The molecule has 4 rings (SSSR count). The molecule has 134 valence electrons. The third-order valence-electron chi connectivity index (χ3n) is 4.62. The van der Waals surface area contributed by atoms with E-state index in [9.17, 15) is 9.59 Å². The fraction of sp³-hybridized carbons (Fsp3) is 0.625. The van der Waals surface area contributed by atoms with Crippen LogP contribution in [0.4, 0.5) is 5.13 Å². The number of piperidine rings is 1. The highest BCUT2D eigenvalue weighted by Crippen LogP contribution is 2.25. The van der Waals surface area contributed by atoms with Gasteiger partial charge >= 0.3 is 0 Å². The van der Waals surface area contributed by atoms with Gasteiger partial charge in [-0.1, -0.05) is 11.3 Å². The molecule has 0 aliphatic carbocycles. The van der Waals surface area contributed by atoms with E-state index in [2.05, 4.69) is 20.3 Å². The standard InChI is InChI=1S/C16H21N5O3S/c22-13-9-12(14(23)17-10-11-5-4-8-24-11)21-15(18-13)25-16(19-21)20-6-2-1-3-7-20/h9,11H,1-8,10H2,(H,17,23)/t11-/m1/s1. The van der Waals surface area contributed by atoms with Crippen LogP contribution in [0.2, 0.25) is 0 Å². The maximum Gasteiger partial charge on any atom is 0.274 e. The molecule has 4 heterocycles. The summed E-state index contributed by atoms with van der Waals surface area (Å²) in [7, 11) is 0. The number of hydrogen-bond donors (Lipinski definition) is 1. The van der Waals surface area contributed by atoms with Crippen molar-refractivity contribution in [3.05, 3.63) is 22.1 Å².